The summed E-state index contributed by atoms with van der Waals surface area (Å²) < 4.78 is 10.1. The van der Waals surface area contributed by atoms with Gasteiger partial charge in [-0.1, -0.05) is 13.8 Å². The van der Waals surface area contributed by atoms with Crippen molar-refractivity contribution in [1.29, 1.82) is 0 Å². The van der Waals surface area contributed by atoms with Gasteiger partial charge in [0.25, 0.3) is 5.69 Å². The topological polar surface area (TPSA) is 113 Å². The van der Waals surface area contributed by atoms with Crippen LogP contribution < -0.4 is 9.47 Å². The molecule has 0 saturated heterocycles. The first-order valence-corrected chi connectivity index (χ1v) is 7.66. The van der Waals surface area contributed by atoms with Crippen LogP contribution in [0.3, 0.4) is 0 Å². The SMILES string of the molecule is CC.O=C1CCCC(=O)C1C(=O)c1cc2c(cc1[N+](=O)[O-])OCO2. The molecule has 0 spiro atoms. The molecule has 8 nitrogen and oxygen atoms in total. The lowest BCUT2D eigenvalue weighted by molar-refractivity contribution is -0.385. The Morgan fingerprint density at radius 3 is 2.21 bits per heavy atom. The third kappa shape index (κ3) is 3.12. The van der Waals surface area contributed by atoms with Crippen LogP contribution in [0.1, 0.15) is 43.5 Å². The minimum Gasteiger partial charge on any atom is -0.454 e. The van der Waals surface area contributed by atoms with Crippen LogP contribution in [0.5, 0.6) is 11.5 Å². The Bertz CT molecular complexity index is 695. The first kappa shape index (κ1) is 17.6. The van der Waals surface area contributed by atoms with Gasteiger partial charge in [0.1, 0.15) is 11.5 Å². The van der Waals surface area contributed by atoms with E-state index in [1.807, 2.05) is 13.8 Å². The summed E-state index contributed by atoms with van der Waals surface area (Å²) in [6, 6.07) is 2.24. The number of hydrogen-bond donors (Lipinski definition) is 0. The average molecular weight is 335 g/mol. The molecule has 2 aliphatic rings. The fraction of sp³-hybridized carbons (Fsp3) is 0.438. The minimum absolute atomic E-state index is 0.106. The Labute approximate surface area is 137 Å². The van der Waals surface area contributed by atoms with Gasteiger partial charge in [-0.15, -0.1) is 0 Å². The molecular weight excluding hydrogens is 318 g/mol. The fourth-order valence-corrected chi connectivity index (χ4v) is 2.63. The van der Waals surface area contributed by atoms with Gasteiger partial charge in [-0.2, -0.15) is 0 Å². The van der Waals surface area contributed by atoms with Gasteiger partial charge in [-0.05, 0) is 6.42 Å². The zero-order valence-corrected chi connectivity index (χ0v) is 13.4. The average Bonchev–Trinajstić information content (AvgIpc) is 3.02. The molecule has 1 fully saturated rings. The number of carbonyl (C=O) groups excluding carboxylic acids is 3. The quantitative estimate of drug-likeness (QED) is 0.361. The zero-order valence-electron chi connectivity index (χ0n) is 13.4. The Kier molecular flexibility index (Phi) is 5.28. The van der Waals surface area contributed by atoms with Crippen LogP contribution in [0.4, 0.5) is 5.69 Å². The number of benzene rings is 1. The molecule has 24 heavy (non-hydrogen) atoms. The van der Waals surface area contributed by atoms with Gasteiger partial charge < -0.3 is 9.47 Å². The second-order valence-electron chi connectivity index (χ2n) is 5.06. The third-order valence-electron chi connectivity index (χ3n) is 3.71. The number of nitrogens with zero attached hydrogens (tertiary/aromatic N) is 1. The molecular formula is C16H17NO7. The number of ether oxygens (including phenoxy) is 2. The smallest absolute Gasteiger partial charge is 0.284 e. The molecule has 0 radical (unpaired) electrons. The lowest BCUT2D eigenvalue weighted by atomic mass is 9.81. The normalized spacial score (nSPS) is 16.4. The zero-order chi connectivity index (χ0) is 17.9. The largest absolute Gasteiger partial charge is 0.454 e. The highest BCUT2D eigenvalue weighted by Gasteiger charge is 2.40. The second kappa shape index (κ2) is 7.20. The fourth-order valence-electron chi connectivity index (χ4n) is 2.63. The minimum atomic E-state index is -1.45. The molecule has 1 aromatic carbocycles. The van der Waals surface area contributed by atoms with E-state index in [1.165, 1.54) is 0 Å². The van der Waals surface area contributed by atoms with Crippen LogP contribution in [0.25, 0.3) is 0 Å². The molecule has 0 atom stereocenters. The summed E-state index contributed by atoms with van der Waals surface area (Å²) in [6.07, 6.45) is 0.658. The number of rotatable bonds is 3. The van der Waals surface area contributed by atoms with Crippen molar-refractivity contribution in [3.63, 3.8) is 0 Å². The maximum absolute atomic E-state index is 12.5. The van der Waals surface area contributed by atoms with Gasteiger partial charge in [-0.25, -0.2) is 0 Å². The highest BCUT2D eigenvalue weighted by Crippen LogP contribution is 2.39. The lowest BCUT2D eigenvalue weighted by Crippen LogP contribution is -2.35. The van der Waals surface area contributed by atoms with E-state index < -0.39 is 33.9 Å². The number of nitro groups is 1. The molecule has 0 aromatic heterocycles. The number of ketones is 3. The summed E-state index contributed by atoms with van der Waals surface area (Å²) in [6.45, 7) is 3.89. The van der Waals surface area contributed by atoms with Gasteiger partial charge in [0.05, 0.1) is 11.0 Å². The Hall–Kier alpha value is -2.77. The van der Waals surface area contributed by atoms with Gasteiger partial charge in [0.2, 0.25) is 6.79 Å². The van der Waals surface area contributed by atoms with Crippen LogP contribution >= 0.6 is 0 Å². The summed E-state index contributed by atoms with van der Waals surface area (Å²) >= 11 is 0. The van der Waals surface area contributed by atoms with Crippen molar-refractivity contribution in [3.05, 3.63) is 27.8 Å². The lowest BCUT2D eigenvalue weighted by Gasteiger charge is -2.18. The highest BCUT2D eigenvalue weighted by molar-refractivity contribution is 6.26. The maximum Gasteiger partial charge on any atom is 0.284 e. The van der Waals surface area contributed by atoms with Crippen LogP contribution in [0.15, 0.2) is 12.1 Å². The molecule has 0 unspecified atom stereocenters. The van der Waals surface area contributed by atoms with E-state index in [9.17, 15) is 24.5 Å². The van der Waals surface area contributed by atoms with Gasteiger partial charge in [-0.3, -0.25) is 24.5 Å². The summed E-state index contributed by atoms with van der Waals surface area (Å²) in [7, 11) is 0. The second-order valence-corrected chi connectivity index (χ2v) is 5.06. The highest BCUT2D eigenvalue weighted by atomic mass is 16.7. The number of carbonyl (C=O) groups is 3. The molecule has 1 heterocycles. The van der Waals surface area contributed by atoms with Crippen molar-refractivity contribution in [2.75, 3.05) is 6.79 Å². The van der Waals surface area contributed by atoms with E-state index in [0.29, 0.717) is 6.42 Å². The van der Waals surface area contributed by atoms with E-state index in [4.69, 9.17) is 9.47 Å². The van der Waals surface area contributed by atoms with E-state index in [0.717, 1.165) is 12.1 Å². The molecule has 1 aliphatic heterocycles. The van der Waals surface area contributed by atoms with Crippen molar-refractivity contribution >= 4 is 23.0 Å². The monoisotopic (exact) mass is 335 g/mol. The van der Waals surface area contributed by atoms with Crippen molar-refractivity contribution in [3.8, 4) is 11.5 Å². The standard InChI is InChI=1S/C14H11NO7.C2H6/c16-9-2-1-3-10(17)13(9)14(18)7-4-11-12(22-6-21-11)5-8(7)15(19)20;1-2/h4-5,13H,1-3,6H2;1-2H3. The van der Waals surface area contributed by atoms with E-state index in [1.54, 1.807) is 0 Å². The van der Waals surface area contributed by atoms with E-state index in [-0.39, 0.29) is 36.7 Å². The predicted octanol–water partition coefficient (Wildman–Crippen LogP) is 2.47. The maximum atomic E-state index is 12.5. The Balaban J connectivity index is 0.00000100. The molecule has 3 rings (SSSR count). The Morgan fingerprint density at radius 1 is 1.12 bits per heavy atom. The van der Waals surface area contributed by atoms with E-state index in [2.05, 4.69) is 0 Å². The van der Waals surface area contributed by atoms with Crippen molar-refractivity contribution in [2.45, 2.75) is 33.1 Å². The number of Topliss-reactive ketones (excluding diaryl/α,β-unsaturated/α-hetero) is 3. The molecule has 128 valence electrons. The van der Waals surface area contributed by atoms with Crippen molar-refractivity contribution < 1.29 is 28.8 Å². The molecule has 8 heteroatoms. The summed E-state index contributed by atoms with van der Waals surface area (Å²) in [5.41, 5.74) is -0.803. The first-order chi connectivity index (χ1) is 11.5. The summed E-state index contributed by atoms with van der Waals surface area (Å²) in [4.78, 5) is 46.7. The summed E-state index contributed by atoms with van der Waals surface area (Å²) in [5.74, 6) is -2.94. The number of hydrogen-bond acceptors (Lipinski definition) is 7. The molecule has 1 aromatic rings. The van der Waals surface area contributed by atoms with E-state index >= 15 is 0 Å². The molecule has 0 amide bonds. The predicted molar refractivity (Wildman–Crippen MR) is 82.3 cm³/mol. The molecule has 0 bridgehead atoms. The van der Waals surface area contributed by atoms with Gasteiger partial charge >= 0.3 is 0 Å². The summed E-state index contributed by atoms with van der Waals surface area (Å²) in [5, 5.41) is 11.2. The van der Waals surface area contributed by atoms with Crippen LogP contribution in [0, 0.1) is 16.0 Å². The van der Waals surface area contributed by atoms with Crippen molar-refractivity contribution in [2.24, 2.45) is 5.92 Å². The number of fused-ring (bicyclic) bond motifs is 1. The first-order valence-electron chi connectivity index (χ1n) is 7.66. The van der Waals surface area contributed by atoms with Crippen LogP contribution in [0.2, 0.25) is 0 Å². The van der Waals surface area contributed by atoms with Crippen molar-refractivity contribution in [1.82, 2.24) is 0 Å². The molecule has 0 N–H and O–H groups in total. The molecule has 1 aliphatic carbocycles. The van der Waals surface area contributed by atoms with Gasteiger partial charge in [0, 0.05) is 18.9 Å². The Morgan fingerprint density at radius 2 is 1.67 bits per heavy atom. The molecule has 1 saturated carbocycles. The van der Waals surface area contributed by atoms with Crippen LogP contribution in [-0.2, 0) is 9.59 Å². The van der Waals surface area contributed by atoms with Crippen LogP contribution in [-0.4, -0.2) is 29.1 Å². The third-order valence-corrected chi connectivity index (χ3v) is 3.71. The van der Waals surface area contributed by atoms with Gasteiger partial charge in [0.15, 0.2) is 28.8 Å². The number of nitro benzene ring substituents is 1.